The van der Waals surface area contributed by atoms with Crippen LogP contribution < -0.4 is 0 Å². The van der Waals surface area contributed by atoms with Crippen molar-refractivity contribution in [3.05, 3.63) is 0 Å². The third-order valence-electron chi connectivity index (χ3n) is 1.14. The first-order valence-electron chi connectivity index (χ1n) is 3.79. The Hall–Kier alpha value is -0.700. The van der Waals surface area contributed by atoms with Crippen LogP contribution in [0.1, 0.15) is 27.7 Å². The van der Waals surface area contributed by atoms with Crippen LogP contribution in [0.15, 0.2) is 4.99 Å². The van der Waals surface area contributed by atoms with E-state index < -0.39 is 12.3 Å². The molecule has 0 aromatic carbocycles. The molecule has 0 saturated heterocycles. The fourth-order valence-corrected chi connectivity index (χ4v) is 0.777. The van der Waals surface area contributed by atoms with Gasteiger partial charge in [0, 0.05) is 0 Å². The standard InChI is InChI=1S/C8H15NO3/c1-6(7(11)9-5-10)12-8(2,3)4/h6-7,11H,1-4H3/t6?,7-/m0/s1. The Bertz CT molecular complexity index is 179. The maximum absolute atomic E-state index is 9.78. The van der Waals surface area contributed by atoms with Crippen LogP contribution in [-0.4, -0.2) is 29.1 Å². The first kappa shape index (κ1) is 11.3. The van der Waals surface area contributed by atoms with E-state index in [2.05, 4.69) is 4.99 Å². The van der Waals surface area contributed by atoms with E-state index in [-0.39, 0.29) is 5.60 Å². The first-order valence-corrected chi connectivity index (χ1v) is 3.79. The number of isocyanates is 1. The zero-order valence-electron chi connectivity index (χ0n) is 7.87. The van der Waals surface area contributed by atoms with Crippen molar-refractivity contribution in [2.24, 2.45) is 4.99 Å². The summed E-state index contributed by atoms with van der Waals surface area (Å²) in [4.78, 5) is 12.9. The Morgan fingerprint density at radius 2 is 2.00 bits per heavy atom. The molecule has 0 fully saturated rings. The fourth-order valence-electron chi connectivity index (χ4n) is 0.777. The molecule has 0 aliphatic rings. The molecule has 1 N–H and O–H groups in total. The molecule has 0 aromatic heterocycles. The minimum atomic E-state index is -1.12. The molecule has 0 heterocycles. The molecule has 4 nitrogen and oxygen atoms in total. The number of carbonyl (C=O) groups excluding carboxylic acids is 1. The lowest BCUT2D eigenvalue weighted by atomic mass is 10.2. The van der Waals surface area contributed by atoms with Gasteiger partial charge in [0.25, 0.3) is 0 Å². The maximum atomic E-state index is 9.78. The van der Waals surface area contributed by atoms with Gasteiger partial charge in [0.2, 0.25) is 6.08 Å². The van der Waals surface area contributed by atoms with Crippen LogP contribution in [0.2, 0.25) is 0 Å². The van der Waals surface area contributed by atoms with Crippen molar-refractivity contribution in [1.82, 2.24) is 0 Å². The molecule has 0 aliphatic heterocycles. The SMILES string of the molecule is CC(OC(C)(C)C)[C@H](O)N=C=O. The lowest BCUT2D eigenvalue weighted by molar-refractivity contribution is -0.0989. The second-order valence-electron chi connectivity index (χ2n) is 3.57. The number of hydrogen-bond acceptors (Lipinski definition) is 4. The van der Waals surface area contributed by atoms with Crippen molar-refractivity contribution in [3.8, 4) is 0 Å². The van der Waals surface area contributed by atoms with Gasteiger partial charge in [-0.2, -0.15) is 4.99 Å². The van der Waals surface area contributed by atoms with Crippen LogP contribution >= 0.6 is 0 Å². The number of aliphatic hydroxyl groups is 1. The van der Waals surface area contributed by atoms with Crippen LogP contribution in [-0.2, 0) is 9.53 Å². The van der Waals surface area contributed by atoms with E-state index in [9.17, 15) is 4.79 Å². The van der Waals surface area contributed by atoms with E-state index in [0.29, 0.717) is 0 Å². The van der Waals surface area contributed by atoms with Gasteiger partial charge < -0.3 is 9.84 Å². The predicted octanol–water partition coefficient (Wildman–Crippen LogP) is 0.844. The summed E-state index contributed by atoms with van der Waals surface area (Å²) in [5, 5.41) is 9.13. The average molecular weight is 173 g/mol. The highest BCUT2D eigenvalue weighted by Crippen LogP contribution is 2.12. The van der Waals surface area contributed by atoms with Crippen molar-refractivity contribution in [2.75, 3.05) is 0 Å². The maximum Gasteiger partial charge on any atom is 0.237 e. The van der Waals surface area contributed by atoms with E-state index in [1.807, 2.05) is 20.8 Å². The van der Waals surface area contributed by atoms with Gasteiger partial charge in [0.05, 0.1) is 5.60 Å². The van der Waals surface area contributed by atoms with Gasteiger partial charge in [-0.05, 0) is 27.7 Å². The highest BCUT2D eigenvalue weighted by atomic mass is 16.5. The Morgan fingerprint density at radius 3 is 2.33 bits per heavy atom. The van der Waals surface area contributed by atoms with E-state index in [4.69, 9.17) is 9.84 Å². The lowest BCUT2D eigenvalue weighted by Crippen LogP contribution is -2.32. The van der Waals surface area contributed by atoms with Crippen LogP contribution in [0.3, 0.4) is 0 Å². The monoisotopic (exact) mass is 173 g/mol. The van der Waals surface area contributed by atoms with Crippen molar-refractivity contribution in [3.63, 3.8) is 0 Å². The van der Waals surface area contributed by atoms with Gasteiger partial charge in [0.15, 0.2) is 6.23 Å². The minimum Gasteiger partial charge on any atom is -0.369 e. The zero-order chi connectivity index (χ0) is 9.78. The fraction of sp³-hybridized carbons (Fsp3) is 0.875. The quantitative estimate of drug-likeness (QED) is 0.508. The zero-order valence-corrected chi connectivity index (χ0v) is 7.87. The summed E-state index contributed by atoms with van der Waals surface area (Å²) in [6, 6.07) is 0. The van der Waals surface area contributed by atoms with E-state index in [1.54, 1.807) is 6.92 Å². The van der Waals surface area contributed by atoms with Gasteiger partial charge in [-0.3, -0.25) is 0 Å². The van der Waals surface area contributed by atoms with Crippen molar-refractivity contribution in [1.29, 1.82) is 0 Å². The second kappa shape index (κ2) is 4.36. The van der Waals surface area contributed by atoms with Crippen molar-refractivity contribution >= 4 is 6.08 Å². The molecule has 0 rings (SSSR count). The van der Waals surface area contributed by atoms with Crippen LogP contribution in [0.4, 0.5) is 0 Å². The molecule has 0 aliphatic carbocycles. The Balaban J connectivity index is 4.03. The number of rotatable bonds is 3. The van der Waals surface area contributed by atoms with Gasteiger partial charge in [-0.25, -0.2) is 4.79 Å². The number of nitrogens with zero attached hydrogens (tertiary/aromatic N) is 1. The summed E-state index contributed by atoms with van der Waals surface area (Å²) in [7, 11) is 0. The van der Waals surface area contributed by atoms with Crippen LogP contribution in [0.25, 0.3) is 0 Å². The highest BCUT2D eigenvalue weighted by molar-refractivity contribution is 5.33. The van der Waals surface area contributed by atoms with E-state index >= 15 is 0 Å². The lowest BCUT2D eigenvalue weighted by Gasteiger charge is -2.25. The number of aliphatic hydroxyl groups excluding tert-OH is 1. The van der Waals surface area contributed by atoms with Gasteiger partial charge in [-0.1, -0.05) is 0 Å². The number of aliphatic imine (C=N–C) groups is 1. The smallest absolute Gasteiger partial charge is 0.237 e. The highest BCUT2D eigenvalue weighted by Gasteiger charge is 2.20. The van der Waals surface area contributed by atoms with E-state index in [1.165, 1.54) is 6.08 Å². The Kier molecular flexibility index (Phi) is 4.10. The third kappa shape index (κ3) is 5.02. The summed E-state index contributed by atoms with van der Waals surface area (Å²) >= 11 is 0. The summed E-state index contributed by atoms with van der Waals surface area (Å²) < 4.78 is 5.33. The molecular weight excluding hydrogens is 158 g/mol. The predicted molar refractivity (Wildman–Crippen MR) is 44.4 cm³/mol. The van der Waals surface area contributed by atoms with Gasteiger partial charge >= 0.3 is 0 Å². The molecule has 0 saturated carbocycles. The summed E-state index contributed by atoms with van der Waals surface area (Å²) in [6.07, 6.45) is -0.338. The Labute approximate surface area is 72.3 Å². The molecule has 4 heteroatoms. The van der Waals surface area contributed by atoms with E-state index in [0.717, 1.165) is 0 Å². The molecule has 70 valence electrons. The molecule has 0 aromatic rings. The average Bonchev–Trinajstić information content (AvgIpc) is 1.84. The second-order valence-corrected chi connectivity index (χ2v) is 3.57. The van der Waals surface area contributed by atoms with Gasteiger partial charge in [0.1, 0.15) is 6.10 Å². The third-order valence-corrected chi connectivity index (χ3v) is 1.14. The molecule has 2 atom stereocenters. The number of hydrogen-bond donors (Lipinski definition) is 1. The van der Waals surface area contributed by atoms with Crippen LogP contribution in [0.5, 0.6) is 0 Å². The summed E-state index contributed by atoms with van der Waals surface area (Å²) in [5.74, 6) is 0. The normalized spacial score (nSPS) is 16.4. The van der Waals surface area contributed by atoms with Crippen LogP contribution in [0, 0.1) is 0 Å². The summed E-state index contributed by atoms with van der Waals surface area (Å²) in [6.45, 7) is 7.24. The first-order chi connectivity index (χ1) is 5.37. The van der Waals surface area contributed by atoms with Gasteiger partial charge in [-0.15, -0.1) is 0 Å². The molecule has 12 heavy (non-hydrogen) atoms. The molecule has 0 radical (unpaired) electrons. The molecule has 1 unspecified atom stereocenters. The largest absolute Gasteiger partial charge is 0.369 e. The Morgan fingerprint density at radius 1 is 1.50 bits per heavy atom. The van der Waals surface area contributed by atoms with Crippen molar-refractivity contribution in [2.45, 2.75) is 45.6 Å². The minimum absolute atomic E-state index is 0.348. The molecular formula is C8H15NO3. The molecule has 0 spiro atoms. The topological polar surface area (TPSA) is 58.9 Å². The summed E-state index contributed by atoms with van der Waals surface area (Å²) in [5.41, 5.74) is -0.348. The molecule has 0 bridgehead atoms. The van der Waals surface area contributed by atoms with Crippen molar-refractivity contribution < 1.29 is 14.6 Å². The molecule has 0 amide bonds. The number of ether oxygens (including phenoxy) is 1.